The molecule has 1 nitrogen and oxygen atoms in total. The molecule has 0 aromatic heterocycles. The summed E-state index contributed by atoms with van der Waals surface area (Å²) < 4.78 is 39.0. The van der Waals surface area contributed by atoms with Crippen LogP contribution in [-0.4, -0.2) is 0 Å². The summed E-state index contributed by atoms with van der Waals surface area (Å²) in [7, 11) is 0. The van der Waals surface area contributed by atoms with Crippen molar-refractivity contribution in [1.29, 1.82) is 0 Å². The van der Waals surface area contributed by atoms with Gasteiger partial charge in [0.15, 0.2) is 17.5 Å². The minimum Gasteiger partial charge on any atom is -0.324 e. The van der Waals surface area contributed by atoms with Gasteiger partial charge in [0.1, 0.15) is 0 Å². The van der Waals surface area contributed by atoms with E-state index in [0.717, 1.165) is 17.7 Å². The summed E-state index contributed by atoms with van der Waals surface area (Å²) in [4.78, 5) is 0. The summed E-state index contributed by atoms with van der Waals surface area (Å²) in [5, 5.41) is 0. The molecule has 0 amide bonds. The lowest BCUT2D eigenvalue weighted by atomic mass is 9.99. The van der Waals surface area contributed by atoms with E-state index in [0.29, 0.717) is 12.8 Å². The van der Waals surface area contributed by atoms with Crippen molar-refractivity contribution in [1.82, 2.24) is 0 Å². The Labute approximate surface area is 109 Å². The fourth-order valence-corrected chi connectivity index (χ4v) is 1.92. The first-order chi connectivity index (χ1) is 9.08. The van der Waals surface area contributed by atoms with Crippen LogP contribution in [0.3, 0.4) is 0 Å². The Morgan fingerprint density at radius 1 is 0.947 bits per heavy atom. The van der Waals surface area contributed by atoms with Crippen molar-refractivity contribution in [2.75, 3.05) is 0 Å². The molecule has 2 aromatic rings. The third-order valence-corrected chi connectivity index (χ3v) is 3.02. The molecular formula is C15H14F3N. The highest BCUT2D eigenvalue weighted by atomic mass is 19.2. The van der Waals surface area contributed by atoms with E-state index in [4.69, 9.17) is 5.73 Å². The van der Waals surface area contributed by atoms with Crippen LogP contribution in [-0.2, 0) is 6.42 Å². The first kappa shape index (κ1) is 13.6. The van der Waals surface area contributed by atoms with Crippen molar-refractivity contribution in [3.63, 3.8) is 0 Å². The molecule has 100 valence electrons. The van der Waals surface area contributed by atoms with Crippen molar-refractivity contribution in [3.8, 4) is 0 Å². The topological polar surface area (TPSA) is 26.0 Å². The Morgan fingerprint density at radius 2 is 1.53 bits per heavy atom. The largest absolute Gasteiger partial charge is 0.324 e. The number of benzene rings is 2. The van der Waals surface area contributed by atoms with Gasteiger partial charge >= 0.3 is 0 Å². The molecule has 0 saturated heterocycles. The van der Waals surface area contributed by atoms with Crippen molar-refractivity contribution in [2.24, 2.45) is 5.73 Å². The van der Waals surface area contributed by atoms with Gasteiger partial charge in [0.2, 0.25) is 0 Å². The smallest absolute Gasteiger partial charge is 0.194 e. The van der Waals surface area contributed by atoms with Gasteiger partial charge in [-0.2, -0.15) is 0 Å². The molecule has 0 aliphatic heterocycles. The first-order valence-electron chi connectivity index (χ1n) is 6.02. The second-order valence-electron chi connectivity index (χ2n) is 4.43. The molecule has 0 radical (unpaired) electrons. The van der Waals surface area contributed by atoms with Gasteiger partial charge in [-0.25, -0.2) is 13.2 Å². The maximum Gasteiger partial charge on any atom is 0.194 e. The van der Waals surface area contributed by atoms with Crippen LogP contribution < -0.4 is 5.73 Å². The van der Waals surface area contributed by atoms with Gasteiger partial charge in [-0.05, 0) is 36.1 Å². The second-order valence-corrected chi connectivity index (χ2v) is 4.43. The van der Waals surface area contributed by atoms with Gasteiger partial charge in [0.25, 0.3) is 0 Å². The molecule has 0 heterocycles. The average molecular weight is 265 g/mol. The fraction of sp³-hybridized carbons (Fsp3) is 0.200. The maximum absolute atomic E-state index is 13.1. The lowest BCUT2D eigenvalue weighted by molar-refractivity contribution is 0.442. The molecular weight excluding hydrogens is 251 g/mol. The van der Waals surface area contributed by atoms with Crippen LogP contribution in [0.15, 0.2) is 42.5 Å². The highest BCUT2D eigenvalue weighted by Gasteiger charge is 2.14. The molecule has 0 saturated carbocycles. The van der Waals surface area contributed by atoms with Gasteiger partial charge in [-0.3, -0.25) is 0 Å². The van der Waals surface area contributed by atoms with Crippen molar-refractivity contribution in [2.45, 2.75) is 18.9 Å². The Balaban J connectivity index is 2.06. The quantitative estimate of drug-likeness (QED) is 0.837. The fourth-order valence-electron chi connectivity index (χ4n) is 1.92. The molecule has 2 N–H and O–H groups in total. The number of nitrogens with two attached hydrogens (primary N) is 1. The van der Waals surface area contributed by atoms with Gasteiger partial charge in [-0.15, -0.1) is 0 Å². The van der Waals surface area contributed by atoms with E-state index in [1.54, 1.807) is 0 Å². The molecule has 1 atom stereocenters. The molecule has 19 heavy (non-hydrogen) atoms. The van der Waals surface area contributed by atoms with Crippen LogP contribution >= 0.6 is 0 Å². The van der Waals surface area contributed by atoms with E-state index < -0.39 is 23.5 Å². The molecule has 0 spiro atoms. The van der Waals surface area contributed by atoms with E-state index in [2.05, 4.69) is 0 Å². The minimum atomic E-state index is -1.46. The highest BCUT2D eigenvalue weighted by molar-refractivity contribution is 5.23. The SMILES string of the molecule is NC(CCc1ccccc1)c1cc(F)c(F)c(F)c1. The Morgan fingerprint density at radius 3 is 2.11 bits per heavy atom. The molecule has 4 heteroatoms. The van der Waals surface area contributed by atoms with E-state index in [1.165, 1.54) is 0 Å². The third-order valence-electron chi connectivity index (χ3n) is 3.02. The molecule has 2 rings (SSSR count). The summed E-state index contributed by atoms with van der Waals surface area (Å²) in [6.45, 7) is 0. The lowest BCUT2D eigenvalue weighted by Gasteiger charge is -2.12. The predicted octanol–water partition coefficient (Wildman–Crippen LogP) is 3.74. The van der Waals surface area contributed by atoms with Crippen LogP contribution in [0.25, 0.3) is 0 Å². The maximum atomic E-state index is 13.1. The number of rotatable bonds is 4. The second kappa shape index (κ2) is 5.89. The van der Waals surface area contributed by atoms with Crippen LogP contribution in [0.2, 0.25) is 0 Å². The molecule has 0 aliphatic carbocycles. The molecule has 0 fully saturated rings. The Hall–Kier alpha value is -1.81. The summed E-state index contributed by atoms with van der Waals surface area (Å²) in [6.07, 6.45) is 1.23. The monoisotopic (exact) mass is 265 g/mol. The van der Waals surface area contributed by atoms with Crippen LogP contribution in [0.1, 0.15) is 23.6 Å². The highest BCUT2D eigenvalue weighted by Crippen LogP contribution is 2.21. The Bertz CT molecular complexity index is 532. The molecule has 0 aliphatic rings. The van der Waals surface area contributed by atoms with Crippen LogP contribution in [0.4, 0.5) is 13.2 Å². The first-order valence-corrected chi connectivity index (χ1v) is 6.02. The normalized spacial score (nSPS) is 12.4. The van der Waals surface area contributed by atoms with E-state index in [1.807, 2.05) is 30.3 Å². The van der Waals surface area contributed by atoms with Gasteiger partial charge in [0, 0.05) is 6.04 Å². The minimum absolute atomic E-state index is 0.271. The zero-order chi connectivity index (χ0) is 13.8. The van der Waals surface area contributed by atoms with Gasteiger partial charge < -0.3 is 5.73 Å². The van der Waals surface area contributed by atoms with Crippen molar-refractivity contribution in [3.05, 3.63) is 71.0 Å². The summed E-state index contributed by atoms with van der Waals surface area (Å²) in [6, 6.07) is 11.0. The zero-order valence-electron chi connectivity index (χ0n) is 10.2. The molecule has 1 unspecified atom stereocenters. The molecule has 2 aromatic carbocycles. The van der Waals surface area contributed by atoms with E-state index >= 15 is 0 Å². The number of hydrogen-bond acceptors (Lipinski definition) is 1. The predicted molar refractivity (Wildman–Crippen MR) is 68.0 cm³/mol. The third kappa shape index (κ3) is 3.35. The Kier molecular flexibility index (Phi) is 4.22. The lowest BCUT2D eigenvalue weighted by Crippen LogP contribution is -2.12. The van der Waals surface area contributed by atoms with E-state index in [-0.39, 0.29) is 5.56 Å². The molecule has 0 bridgehead atoms. The van der Waals surface area contributed by atoms with Crippen LogP contribution in [0.5, 0.6) is 0 Å². The van der Waals surface area contributed by atoms with Gasteiger partial charge in [0.05, 0.1) is 0 Å². The van der Waals surface area contributed by atoms with Gasteiger partial charge in [-0.1, -0.05) is 30.3 Å². The van der Waals surface area contributed by atoms with Crippen molar-refractivity contribution >= 4 is 0 Å². The van der Waals surface area contributed by atoms with Crippen LogP contribution in [0, 0.1) is 17.5 Å². The number of aryl methyl sites for hydroxylation is 1. The number of halogens is 3. The van der Waals surface area contributed by atoms with Crippen molar-refractivity contribution < 1.29 is 13.2 Å². The number of hydrogen-bond donors (Lipinski definition) is 1. The van der Waals surface area contributed by atoms with E-state index in [9.17, 15) is 13.2 Å². The summed E-state index contributed by atoms with van der Waals surface area (Å²) >= 11 is 0. The zero-order valence-corrected chi connectivity index (χ0v) is 10.2. The summed E-state index contributed by atoms with van der Waals surface area (Å²) in [5.74, 6) is -3.87. The average Bonchev–Trinajstić information content (AvgIpc) is 2.42. The standard InChI is InChI=1S/C15H14F3N/c16-12-8-11(9-13(17)15(12)18)14(19)7-6-10-4-2-1-3-5-10/h1-5,8-9,14H,6-7,19H2. The summed E-state index contributed by atoms with van der Waals surface area (Å²) in [5.41, 5.74) is 7.24.